The van der Waals surface area contributed by atoms with E-state index in [0.29, 0.717) is 13.0 Å². The molecular formula is C14H27NO4S. The molecule has 1 N–H and O–H groups in total. The average Bonchev–Trinajstić information content (AvgIpc) is 2.40. The van der Waals surface area contributed by atoms with E-state index < -0.39 is 22.3 Å². The lowest BCUT2D eigenvalue weighted by atomic mass is 10.1. The summed E-state index contributed by atoms with van der Waals surface area (Å²) >= 11 is 0. The Morgan fingerprint density at radius 3 is 2.10 bits per heavy atom. The summed E-state index contributed by atoms with van der Waals surface area (Å²) in [6, 6.07) is -0.807. The highest BCUT2D eigenvalue weighted by molar-refractivity contribution is 7.72. The van der Waals surface area contributed by atoms with Gasteiger partial charge < -0.3 is 5.11 Å². The van der Waals surface area contributed by atoms with Gasteiger partial charge in [0.1, 0.15) is 11.0 Å². The van der Waals surface area contributed by atoms with Gasteiger partial charge in [-0.3, -0.25) is 9.69 Å². The summed E-state index contributed by atoms with van der Waals surface area (Å²) in [5.74, 6) is -0.993. The minimum absolute atomic E-state index is 0.188. The van der Waals surface area contributed by atoms with Crippen LogP contribution in [-0.4, -0.2) is 42.0 Å². The molecule has 0 rings (SSSR count). The van der Waals surface area contributed by atoms with E-state index in [1.165, 1.54) is 31.1 Å². The SMILES string of the molecule is CCCCCCCCN(C(CC)=S(=O)=O)C(C)C(=O)O. The van der Waals surface area contributed by atoms with Gasteiger partial charge in [-0.25, -0.2) is 0 Å². The van der Waals surface area contributed by atoms with Crippen LogP contribution in [0.4, 0.5) is 0 Å². The fourth-order valence-corrected chi connectivity index (χ4v) is 2.82. The molecule has 0 aliphatic rings. The fourth-order valence-electron chi connectivity index (χ4n) is 2.15. The number of hydrogen-bond acceptors (Lipinski definition) is 3. The van der Waals surface area contributed by atoms with Crippen molar-refractivity contribution >= 4 is 21.3 Å². The molecule has 0 heterocycles. The first-order valence-corrected chi connectivity index (χ1v) is 8.47. The van der Waals surface area contributed by atoms with Gasteiger partial charge in [-0.1, -0.05) is 46.0 Å². The minimum atomic E-state index is -2.35. The Labute approximate surface area is 123 Å². The Hall–Kier alpha value is -0.880. The predicted molar refractivity (Wildman–Crippen MR) is 81.4 cm³/mol. The molecule has 0 aliphatic heterocycles. The third kappa shape index (κ3) is 7.05. The van der Waals surface area contributed by atoms with Crippen LogP contribution >= 0.6 is 0 Å². The molecule has 1 atom stereocenters. The summed E-state index contributed by atoms with van der Waals surface area (Å²) in [7, 11) is -2.35. The maximum Gasteiger partial charge on any atom is 0.320 e. The molecule has 0 radical (unpaired) electrons. The van der Waals surface area contributed by atoms with Crippen molar-refractivity contribution in [2.45, 2.75) is 71.8 Å². The zero-order chi connectivity index (χ0) is 15.5. The molecule has 20 heavy (non-hydrogen) atoms. The number of nitrogens with zero attached hydrogens (tertiary/aromatic N) is 1. The first kappa shape index (κ1) is 19.1. The van der Waals surface area contributed by atoms with Crippen LogP contribution in [0.3, 0.4) is 0 Å². The summed E-state index contributed by atoms with van der Waals surface area (Å²) in [6.07, 6.45) is 6.85. The van der Waals surface area contributed by atoms with Crippen LogP contribution < -0.4 is 0 Å². The van der Waals surface area contributed by atoms with Gasteiger partial charge in [0.05, 0.1) is 0 Å². The highest BCUT2D eigenvalue weighted by Crippen LogP contribution is 2.10. The van der Waals surface area contributed by atoms with Crippen molar-refractivity contribution in [2.75, 3.05) is 6.54 Å². The normalized spacial score (nSPS) is 12.4. The zero-order valence-electron chi connectivity index (χ0n) is 12.8. The lowest BCUT2D eigenvalue weighted by Gasteiger charge is -2.25. The van der Waals surface area contributed by atoms with E-state index in [1.807, 2.05) is 0 Å². The fraction of sp³-hybridized carbons (Fsp3) is 0.857. The first-order chi connectivity index (χ1) is 9.45. The minimum Gasteiger partial charge on any atom is -0.480 e. The van der Waals surface area contributed by atoms with E-state index in [-0.39, 0.29) is 4.99 Å². The van der Waals surface area contributed by atoms with Crippen molar-refractivity contribution in [2.24, 2.45) is 0 Å². The van der Waals surface area contributed by atoms with Gasteiger partial charge in [-0.15, -0.1) is 0 Å². The third-order valence-corrected chi connectivity index (χ3v) is 4.30. The van der Waals surface area contributed by atoms with Gasteiger partial charge in [-0.05, 0) is 19.8 Å². The van der Waals surface area contributed by atoms with Crippen LogP contribution in [0.25, 0.3) is 0 Å². The molecule has 0 fully saturated rings. The van der Waals surface area contributed by atoms with Crippen molar-refractivity contribution in [3.8, 4) is 0 Å². The molecule has 0 bridgehead atoms. The lowest BCUT2D eigenvalue weighted by Crippen LogP contribution is -2.44. The third-order valence-electron chi connectivity index (χ3n) is 3.39. The Kier molecular flexibility index (Phi) is 10.4. The molecule has 118 valence electrons. The summed E-state index contributed by atoms with van der Waals surface area (Å²) in [5.41, 5.74) is 0. The molecular weight excluding hydrogens is 278 g/mol. The first-order valence-electron chi connectivity index (χ1n) is 7.40. The van der Waals surface area contributed by atoms with Crippen molar-refractivity contribution in [3.05, 3.63) is 0 Å². The number of unbranched alkanes of at least 4 members (excludes halogenated alkanes) is 5. The van der Waals surface area contributed by atoms with Gasteiger partial charge in [0.25, 0.3) is 0 Å². The van der Waals surface area contributed by atoms with Crippen LogP contribution in [-0.2, 0) is 15.1 Å². The van der Waals surface area contributed by atoms with Crippen LogP contribution in [0.1, 0.15) is 65.7 Å². The highest BCUT2D eigenvalue weighted by atomic mass is 32.2. The van der Waals surface area contributed by atoms with E-state index in [1.54, 1.807) is 6.92 Å². The Bertz CT molecular complexity index is 409. The molecule has 0 amide bonds. The largest absolute Gasteiger partial charge is 0.480 e. The molecule has 0 aromatic rings. The molecule has 0 saturated heterocycles. The van der Waals surface area contributed by atoms with Crippen LogP contribution in [0, 0.1) is 0 Å². The highest BCUT2D eigenvalue weighted by Gasteiger charge is 2.24. The molecule has 1 unspecified atom stereocenters. The van der Waals surface area contributed by atoms with E-state index in [9.17, 15) is 13.2 Å². The number of carboxylic acids is 1. The molecule has 0 aliphatic carbocycles. The van der Waals surface area contributed by atoms with Crippen LogP contribution in [0.2, 0.25) is 0 Å². The standard InChI is InChI=1S/C14H27NO4S/c1-4-6-7-8-9-10-11-15(12(3)14(16)17)13(5-2)20(18)19/h12H,4-11H2,1-3H3,(H,16,17). The van der Waals surface area contributed by atoms with Gasteiger partial charge >= 0.3 is 5.97 Å². The maximum absolute atomic E-state index is 11.2. The van der Waals surface area contributed by atoms with Gasteiger partial charge in [0.15, 0.2) is 0 Å². The average molecular weight is 305 g/mol. The van der Waals surface area contributed by atoms with Crippen molar-refractivity contribution < 1.29 is 18.3 Å². The topological polar surface area (TPSA) is 74.7 Å². The predicted octanol–water partition coefficient (Wildman–Crippen LogP) is 2.54. The number of carbonyl (C=O) groups is 1. The van der Waals surface area contributed by atoms with E-state index in [4.69, 9.17) is 5.11 Å². The molecule has 5 nitrogen and oxygen atoms in total. The second-order valence-electron chi connectivity index (χ2n) is 4.96. The van der Waals surface area contributed by atoms with E-state index in [2.05, 4.69) is 6.92 Å². The second kappa shape index (κ2) is 10.9. The number of aliphatic carboxylic acids is 1. The maximum atomic E-state index is 11.2. The molecule has 0 spiro atoms. The summed E-state index contributed by atoms with van der Waals surface area (Å²) < 4.78 is 22.4. The van der Waals surface area contributed by atoms with E-state index >= 15 is 0 Å². The molecule has 0 saturated carbocycles. The monoisotopic (exact) mass is 305 g/mol. The second-order valence-corrected chi connectivity index (χ2v) is 5.90. The molecule has 6 heteroatoms. The van der Waals surface area contributed by atoms with Gasteiger partial charge in [-0.2, -0.15) is 8.42 Å². The molecule has 0 aromatic carbocycles. The molecule has 0 aromatic heterocycles. The van der Waals surface area contributed by atoms with Crippen molar-refractivity contribution in [1.29, 1.82) is 0 Å². The van der Waals surface area contributed by atoms with Crippen molar-refractivity contribution in [3.63, 3.8) is 0 Å². The lowest BCUT2D eigenvalue weighted by molar-refractivity contribution is -0.141. The summed E-state index contributed by atoms with van der Waals surface area (Å²) in [6.45, 7) is 5.90. The van der Waals surface area contributed by atoms with Gasteiger partial charge in [0, 0.05) is 6.54 Å². The van der Waals surface area contributed by atoms with Gasteiger partial charge in [0.2, 0.25) is 10.3 Å². The smallest absolute Gasteiger partial charge is 0.320 e. The zero-order valence-corrected chi connectivity index (χ0v) is 13.6. The Morgan fingerprint density at radius 1 is 1.10 bits per heavy atom. The quantitative estimate of drug-likeness (QED) is 0.496. The van der Waals surface area contributed by atoms with Crippen LogP contribution in [0.15, 0.2) is 0 Å². The summed E-state index contributed by atoms with van der Waals surface area (Å²) in [5, 5.41) is 9.10. The number of carboxylic acid groups (broad SMARTS) is 1. The van der Waals surface area contributed by atoms with E-state index in [0.717, 1.165) is 19.3 Å². The number of hydrogen-bond donors (Lipinski definition) is 1. The Morgan fingerprint density at radius 2 is 1.65 bits per heavy atom. The Balaban J connectivity index is 4.57. The van der Waals surface area contributed by atoms with Crippen LogP contribution in [0.5, 0.6) is 0 Å². The number of rotatable bonds is 10. The van der Waals surface area contributed by atoms with Crippen molar-refractivity contribution in [1.82, 2.24) is 4.90 Å². The summed E-state index contributed by atoms with van der Waals surface area (Å²) in [4.78, 5) is 12.8.